The summed E-state index contributed by atoms with van der Waals surface area (Å²) in [5, 5.41) is 0. The minimum absolute atomic E-state index is 0.273. The first kappa shape index (κ1) is 13.1. The third-order valence-corrected chi connectivity index (χ3v) is 1.89. The van der Waals surface area contributed by atoms with Crippen LogP contribution in [0.25, 0.3) is 0 Å². The number of carbonyl (C=O) groups is 1. The lowest BCUT2D eigenvalue weighted by Gasteiger charge is -2.13. The zero-order chi connectivity index (χ0) is 11.0. The molecule has 4 heteroatoms. The average molecular weight is 201 g/mol. The Balaban J connectivity index is 3.83. The Hall–Kier alpha value is -0.870. The van der Waals surface area contributed by atoms with Gasteiger partial charge in [-0.2, -0.15) is 0 Å². The highest BCUT2D eigenvalue weighted by Gasteiger charge is 2.02. The number of methoxy groups -OCH3 is 2. The Labute approximate surface area is 85.5 Å². The molecule has 0 saturated heterocycles. The molecule has 0 aliphatic carbocycles. The minimum Gasteiger partial charge on any atom is -0.466 e. The first-order chi connectivity index (χ1) is 6.61. The molecule has 0 fully saturated rings. The molecule has 0 aromatic carbocycles. The molecule has 0 saturated carbocycles. The maximum Gasteiger partial charge on any atom is 0.333 e. The van der Waals surface area contributed by atoms with Gasteiger partial charge in [-0.15, -0.1) is 0 Å². The monoisotopic (exact) mass is 201 g/mol. The molecule has 0 aromatic heterocycles. The summed E-state index contributed by atoms with van der Waals surface area (Å²) in [6.07, 6.45) is 1.85. The molecular weight excluding hydrogens is 182 g/mol. The third kappa shape index (κ3) is 5.72. The summed E-state index contributed by atoms with van der Waals surface area (Å²) < 4.78 is 9.51. The van der Waals surface area contributed by atoms with Gasteiger partial charge in [-0.25, -0.2) is 4.79 Å². The molecule has 0 unspecified atom stereocenters. The van der Waals surface area contributed by atoms with Crippen LogP contribution < -0.4 is 0 Å². The van der Waals surface area contributed by atoms with E-state index in [1.807, 2.05) is 13.1 Å². The van der Waals surface area contributed by atoms with Crippen LogP contribution >= 0.6 is 0 Å². The van der Waals surface area contributed by atoms with E-state index in [9.17, 15) is 4.79 Å². The van der Waals surface area contributed by atoms with Crippen molar-refractivity contribution in [1.82, 2.24) is 4.90 Å². The van der Waals surface area contributed by atoms with Gasteiger partial charge in [-0.1, -0.05) is 6.08 Å². The summed E-state index contributed by atoms with van der Waals surface area (Å²) in [5.41, 5.74) is 0.636. The van der Waals surface area contributed by atoms with Crippen LogP contribution in [-0.4, -0.2) is 51.8 Å². The lowest BCUT2D eigenvalue weighted by molar-refractivity contribution is -0.136. The van der Waals surface area contributed by atoms with Crippen molar-refractivity contribution in [2.24, 2.45) is 0 Å². The van der Waals surface area contributed by atoms with Crippen molar-refractivity contribution < 1.29 is 14.3 Å². The molecule has 0 atom stereocenters. The van der Waals surface area contributed by atoms with Crippen molar-refractivity contribution >= 4 is 5.97 Å². The number of nitrogens with zero attached hydrogens (tertiary/aromatic N) is 1. The molecule has 0 spiro atoms. The summed E-state index contributed by atoms with van der Waals surface area (Å²) >= 11 is 0. The van der Waals surface area contributed by atoms with E-state index in [1.165, 1.54) is 7.11 Å². The van der Waals surface area contributed by atoms with Crippen molar-refractivity contribution in [2.45, 2.75) is 6.92 Å². The molecule has 82 valence electrons. The van der Waals surface area contributed by atoms with Gasteiger partial charge >= 0.3 is 5.97 Å². The van der Waals surface area contributed by atoms with Crippen molar-refractivity contribution in [2.75, 3.05) is 41.0 Å². The molecule has 0 radical (unpaired) electrons. The van der Waals surface area contributed by atoms with Crippen molar-refractivity contribution in [3.8, 4) is 0 Å². The number of ether oxygens (including phenoxy) is 2. The largest absolute Gasteiger partial charge is 0.466 e. The van der Waals surface area contributed by atoms with E-state index >= 15 is 0 Å². The number of hydrogen-bond donors (Lipinski definition) is 0. The summed E-state index contributed by atoms with van der Waals surface area (Å²) in [6.45, 7) is 4.02. The molecule has 0 aliphatic heterocycles. The van der Waals surface area contributed by atoms with Crippen LogP contribution in [0.4, 0.5) is 0 Å². The number of carbonyl (C=O) groups excluding carboxylic acids is 1. The van der Waals surface area contributed by atoms with E-state index in [-0.39, 0.29) is 5.97 Å². The van der Waals surface area contributed by atoms with Gasteiger partial charge in [-0.05, 0) is 14.0 Å². The zero-order valence-electron chi connectivity index (χ0n) is 9.37. The predicted octanol–water partition coefficient (Wildman–Crippen LogP) is 0.684. The molecule has 4 nitrogen and oxygen atoms in total. The second-order valence-corrected chi connectivity index (χ2v) is 3.13. The second-order valence-electron chi connectivity index (χ2n) is 3.13. The molecule has 0 N–H and O–H groups in total. The Bertz CT molecular complexity index is 202. The molecule has 0 heterocycles. The van der Waals surface area contributed by atoms with Gasteiger partial charge < -0.3 is 14.4 Å². The van der Waals surface area contributed by atoms with Crippen molar-refractivity contribution in [1.29, 1.82) is 0 Å². The summed E-state index contributed by atoms with van der Waals surface area (Å²) in [5.74, 6) is -0.273. The van der Waals surface area contributed by atoms with Gasteiger partial charge in [0.25, 0.3) is 0 Å². The van der Waals surface area contributed by atoms with Crippen LogP contribution in [0, 0.1) is 0 Å². The van der Waals surface area contributed by atoms with Gasteiger partial charge in [0.05, 0.1) is 13.7 Å². The summed E-state index contributed by atoms with van der Waals surface area (Å²) in [7, 11) is 5.03. The van der Waals surface area contributed by atoms with Gasteiger partial charge in [0.1, 0.15) is 0 Å². The predicted molar refractivity (Wildman–Crippen MR) is 55.1 cm³/mol. The van der Waals surface area contributed by atoms with Crippen molar-refractivity contribution in [3.05, 3.63) is 11.6 Å². The zero-order valence-corrected chi connectivity index (χ0v) is 9.37. The fourth-order valence-electron chi connectivity index (χ4n) is 0.875. The fourth-order valence-corrected chi connectivity index (χ4v) is 0.875. The topological polar surface area (TPSA) is 38.8 Å². The van der Waals surface area contributed by atoms with Gasteiger partial charge in [0.15, 0.2) is 0 Å². The lowest BCUT2D eigenvalue weighted by Crippen LogP contribution is -2.23. The number of likely N-dealkylation sites (N-methyl/N-ethyl adjacent to an activating group) is 1. The second kappa shape index (κ2) is 7.53. The normalized spacial score (nSPS) is 11.9. The van der Waals surface area contributed by atoms with Gasteiger partial charge in [0, 0.05) is 25.8 Å². The molecule has 14 heavy (non-hydrogen) atoms. The molecule has 0 bridgehead atoms. The molecule has 0 rings (SSSR count). The molecule has 0 amide bonds. The highest BCUT2D eigenvalue weighted by atomic mass is 16.5. The van der Waals surface area contributed by atoms with Crippen LogP contribution in [-0.2, 0) is 14.3 Å². The molecular formula is C10H19NO3. The number of esters is 1. The SMILES string of the molecule is COCCN(C)CC=C(C)C(=O)OC. The van der Waals surface area contributed by atoms with Crippen LogP contribution in [0.2, 0.25) is 0 Å². The Kier molecular flexibility index (Phi) is 7.06. The summed E-state index contributed by atoms with van der Waals surface area (Å²) in [4.78, 5) is 13.1. The Morgan fingerprint density at radius 1 is 1.43 bits per heavy atom. The van der Waals surface area contributed by atoms with E-state index in [2.05, 4.69) is 9.64 Å². The third-order valence-electron chi connectivity index (χ3n) is 1.89. The first-order valence-corrected chi connectivity index (χ1v) is 4.54. The van der Waals surface area contributed by atoms with Crippen molar-refractivity contribution in [3.63, 3.8) is 0 Å². The highest BCUT2D eigenvalue weighted by Crippen LogP contribution is 1.96. The van der Waals surface area contributed by atoms with E-state index in [1.54, 1.807) is 14.0 Å². The average Bonchev–Trinajstić information content (AvgIpc) is 2.21. The van der Waals surface area contributed by atoms with E-state index in [0.717, 1.165) is 13.1 Å². The molecule has 0 aliphatic rings. The first-order valence-electron chi connectivity index (χ1n) is 4.54. The van der Waals surface area contributed by atoms with Gasteiger partial charge in [-0.3, -0.25) is 0 Å². The maximum absolute atomic E-state index is 11.0. The van der Waals surface area contributed by atoms with Crippen LogP contribution in [0.15, 0.2) is 11.6 Å². The van der Waals surface area contributed by atoms with Crippen LogP contribution in [0.1, 0.15) is 6.92 Å². The lowest BCUT2D eigenvalue weighted by atomic mass is 10.3. The number of hydrogen-bond acceptors (Lipinski definition) is 4. The molecule has 0 aromatic rings. The van der Waals surface area contributed by atoms with E-state index < -0.39 is 0 Å². The fraction of sp³-hybridized carbons (Fsp3) is 0.700. The standard InChI is InChI=1S/C10H19NO3/c1-9(10(12)14-4)5-6-11(2)7-8-13-3/h5H,6-8H2,1-4H3. The van der Waals surface area contributed by atoms with E-state index in [0.29, 0.717) is 12.2 Å². The Morgan fingerprint density at radius 2 is 2.07 bits per heavy atom. The van der Waals surface area contributed by atoms with Gasteiger partial charge in [0.2, 0.25) is 0 Å². The minimum atomic E-state index is -0.273. The number of rotatable bonds is 6. The highest BCUT2D eigenvalue weighted by molar-refractivity contribution is 5.87. The quantitative estimate of drug-likeness (QED) is 0.468. The smallest absolute Gasteiger partial charge is 0.333 e. The Morgan fingerprint density at radius 3 is 2.57 bits per heavy atom. The maximum atomic E-state index is 11.0. The van der Waals surface area contributed by atoms with Crippen LogP contribution in [0.5, 0.6) is 0 Å². The van der Waals surface area contributed by atoms with E-state index in [4.69, 9.17) is 4.74 Å². The van der Waals surface area contributed by atoms with Crippen LogP contribution in [0.3, 0.4) is 0 Å². The summed E-state index contributed by atoms with van der Waals surface area (Å²) in [6, 6.07) is 0.